The molecule has 1 saturated carbocycles. The van der Waals surface area contributed by atoms with E-state index in [-0.39, 0.29) is 5.91 Å². The number of carboxylic acids is 1. The Balaban J connectivity index is 1.49. The van der Waals surface area contributed by atoms with Gasteiger partial charge in [-0.25, -0.2) is 9.97 Å². The van der Waals surface area contributed by atoms with Crippen LogP contribution in [0.25, 0.3) is 10.2 Å². The lowest BCUT2D eigenvalue weighted by Gasteiger charge is -2.26. The van der Waals surface area contributed by atoms with Crippen molar-refractivity contribution in [3.63, 3.8) is 0 Å². The van der Waals surface area contributed by atoms with E-state index in [9.17, 15) is 14.7 Å². The fourth-order valence-electron chi connectivity index (χ4n) is 4.27. The Labute approximate surface area is 148 Å². The third-order valence-corrected chi connectivity index (χ3v) is 6.59. The molecule has 7 nitrogen and oxygen atoms in total. The van der Waals surface area contributed by atoms with Crippen LogP contribution in [0.2, 0.25) is 0 Å². The van der Waals surface area contributed by atoms with E-state index in [4.69, 9.17) is 0 Å². The van der Waals surface area contributed by atoms with Crippen molar-refractivity contribution in [1.29, 1.82) is 0 Å². The van der Waals surface area contributed by atoms with Crippen molar-refractivity contribution in [2.24, 2.45) is 17.3 Å². The van der Waals surface area contributed by atoms with Crippen LogP contribution in [0.3, 0.4) is 0 Å². The number of rotatable bonds is 4. The first-order chi connectivity index (χ1) is 12.1. The summed E-state index contributed by atoms with van der Waals surface area (Å²) in [6, 6.07) is 1.96. The van der Waals surface area contributed by atoms with Gasteiger partial charge in [0.15, 0.2) is 0 Å². The molecule has 0 radical (unpaired) electrons. The van der Waals surface area contributed by atoms with Crippen molar-refractivity contribution in [3.05, 3.63) is 17.8 Å². The molecule has 2 aromatic heterocycles. The van der Waals surface area contributed by atoms with E-state index in [2.05, 4.69) is 9.97 Å². The van der Waals surface area contributed by atoms with Crippen molar-refractivity contribution >= 4 is 39.2 Å². The van der Waals surface area contributed by atoms with Gasteiger partial charge in [-0.05, 0) is 30.2 Å². The minimum Gasteiger partial charge on any atom is -0.481 e. The van der Waals surface area contributed by atoms with Crippen molar-refractivity contribution in [3.8, 4) is 0 Å². The summed E-state index contributed by atoms with van der Waals surface area (Å²) in [5.41, 5.74) is -1.03. The highest BCUT2D eigenvalue weighted by Crippen LogP contribution is 2.46. The van der Waals surface area contributed by atoms with E-state index < -0.39 is 17.3 Å². The highest BCUT2D eigenvalue weighted by molar-refractivity contribution is 7.16. The van der Waals surface area contributed by atoms with E-state index in [1.54, 1.807) is 4.90 Å². The van der Waals surface area contributed by atoms with Gasteiger partial charge in [0.05, 0.1) is 11.3 Å². The van der Waals surface area contributed by atoms with Crippen LogP contribution < -0.4 is 4.90 Å². The summed E-state index contributed by atoms with van der Waals surface area (Å²) in [4.78, 5) is 38.3. The van der Waals surface area contributed by atoms with Crippen LogP contribution >= 0.6 is 11.3 Å². The summed E-state index contributed by atoms with van der Waals surface area (Å²) in [5, 5.41) is 12.8. The molecule has 1 aliphatic carbocycles. The summed E-state index contributed by atoms with van der Waals surface area (Å²) in [6.07, 6.45) is 3.81. The third kappa shape index (κ3) is 2.16. The lowest BCUT2D eigenvalue weighted by molar-refractivity contribution is -0.149. The van der Waals surface area contributed by atoms with Crippen molar-refractivity contribution in [2.75, 3.05) is 31.1 Å². The Morgan fingerprint density at radius 3 is 2.92 bits per heavy atom. The Morgan fingerprint density at radius 2 is 2.20 bits per heavy atom. The molecule has 2 atom stereocenters. The highest BCUT2D eigenvalue weighted by Gasteiger charge is 2.62. The number of thiophene rings is 1. The minimum atomic E-state index is -1.03. The predicted molar refractivity (Wildman–Crippen MR) is 92.5 cm³/mol. The topological polar surface area (TPSA) is 86.6 Å². The molecule has 5 rings (SSSR count). The van der Waals surface area contributed by atoms with Crippen LogP contribution in [0.15, 0.2) is 17.8 Å². The summed E-state index contributed by atoms with van der Waals surface area (Å²) < 4.78 is 0. The first-order valence-electron chi connectivity index (χ1n) is 8.54. The SMILES string of the molecule is O=C1[C@H]2CN(c3ncnc4sccc34)C[C@@]2(C(=O)O)CN1CC1CC1. The molecule has 130 valence electrons. The number of carbonyl (C=O) groups excluding carboxylic acids is 1. The van der Waals surface area contributed by atoms with Gasteiger partial charge in [0.2, 0.25) is 5.91 Å². The zero-order chi connectivity index (χ0) is 17.2. The number of carboxylic acid groups (broad SMARTS) is 1. The number of likely N-dealkylation sites (tertiary alicyclic amines) is 1. The maximum atomic E-state index is 12.9. The molecule has 1 amide bonds. The average molecular weight is 358 g/mol. The highest BCUT2D eigenvalue weighted by atomic mass is 32.1. The van der Waals surface area contributed by atoms with Gasteiger partial charge in [-0.15, -0.1) is 11.3 Å². The molecule has 0 unspecified atom stereocenters. The summed E-state index contributed by atoms with van der Waals surface area (Å²) in [6.45, 7) is 1.76. The van der Waals surface area contributed by atoms with Crippen LogP contribution in [0.5, 0.6) is 0 Å². The van der Waals surface area contributed by atoms with Crippen LogP contribution in [-0.2, 0) is 9.59 Å². The number of hydrogen-bond acceptors (Lipinski definition) is 6. The fraction of sp³-hybridized carbons (Fsp3) is 0.529. The Kier molecular flexibility index (Phi) is 3.10. The largest absolute Gasteiger partial charge is 0.481 e. The molecule has 4 heterocycles. The molecule has 2 saturated heterocycles. The monoisotopic (exact) mass is 358 g/mol. The summed E-state index contributed by atoms with van der Waals surface area (Å²) >= 11 is 1.53. The number of anilines is 1. The minimum absolute atomic E-state index is 0.00702. The number of amides is 1. The normalized spacial score (nSPS) is 28.8. The first kappa shape index (κ1) is 15.1. The Morgan fingerprint density at radius 1 is 1.36 bits per heavy atom. The molecule has 25 heavy (non-hydrogen) atoms. The van der Waals surface area contributed by atoms with Gasteiger partial charge in [-0.3, -0.25) is 9.59 Å². The first-order valence-corrected chi connectivity index (χ1v) is 9.42. The van der Waals surface area contributed by atoms with Gasteiger partial charge in [0.1, 0.15) is 22.4 Å². The van der Waals surface area contributed by atoms with E-state index in [1.807, 2.05) is 16.3 Å². The van der Waals surface area contributed by atoms with Crippen molar-refractivity contribution < 1.29 is 14.7 Å². The van der Waals surface area contributed by atoms with E-state index >= 15 is 0 Å². The smallest absolute Gasteiger partial charge is 0.314 e. The van der Waals surface area contributed by atoms with Crippen LogP contribution in [0.4, 0.5) is 5.82 Å². The fourth-order valence-corrected chi connectivity index (χ4v) is 4.99. The molecule has 8 heteroatoms. The van der Waals surface area contributed by atoms with Gasteiger partial charge in [0.25, 0.3) is 0 Å². The number of carbonyl (C=O) groups is 2. The number of aromatic nitrogens is 2. The standard InChI is InChI=1S/C17H18N4O3S/c22-15-12-6-20(13-11-3-4-25-14(11)19-9-18-13)7-17(12,16(23)24)8-21(15)5-10-1-2-10/h3-4,9-10,12H,1-2,5-8H2,(H,23,24)/t12-,17-/m1/s1. The van der Waals surface area contributed by atoms with Crippen LogP contribution in [-0.4, -0.2) is 58.0 Å². The van der Waals surface area contributed by atoms with E-state index in [1.165, 1.54) is 17.7 Å². The van der Waals surface area contributed by atoms with Crippen molar-refractivity contribution in [1.82, 2.24) is 14.9 Å². The second-order valence-electron chi connectivity index (χ2n) is 7.39. The van der Waals surface area contributed by atoms with Crippen molar-refractivity contribution in [2.45, 2.75) is 12.8 Å². The Bertz CT molecular complexity index is 880. The number of aliphatic carboxylic acids is 1. The number of nitrogens with zero attached hydrogens (tertiary/aromatic N) is 4. The zero-order valence-electron chi connectivity index (χ0n) is 13.6. The van der Waals surface area contributed by atoms with Gasteiger partial charge in [-0.1, -0.05) is 0 Å². The molecule has 0 aromatic carbocycles. The lowest BCUT2D eigenvalue weighted by atomic mass is 9.81. The van der Waals surface area contributed by atoms with Crippen LogP contribution in [0, 0.1) is 17.3 Å². The third-order valence-electron chi connectivity index (χ3n) is 5.77. The molecule has 1 N–H and O–H groups in total. The molecule has 3 fully saturated rings. The van der Waals surface area contributed by atoms with Gasteiger partial charge < -0.3 is 14.9 Å². The van der Waals surface area contributed by atoms with Gasteiger partial charge in [-0.2, -0.15) is 0 Å². The number of fused-ring (bicyclic) bond motifs is 2. The zero-order valence-corrected chi connectivity index (χ0v) is 14.4. The quantitative estimate of drug-likeness (QED) is 0.890. The maximum Gasteiger partial charge on any atom is 0.314 e. The predicted octanol–water partition coefficient (Wildman–Crippen LogP) is 1.45. The molecule has 3 aliphatic rings. The second kappa shape index (κ2) is 5.14. The maximum absolute atomic E-state index is 12.9. The summed E-state index contributed by atoms with van der Waals surface area (Å²) in [5.74, 6) is -0.0677. The lowest BCUT2D eigenvalue weighted by Crippen LogP contribution is -2.41. The van der Waals surface area contributed by atoms with E-state index in [0.29, 0.717) is 32.1 Å². The van der Waals surface area contributed by atoms with Gasteiger partial charge in [0, 0.05) is 26.2 Å². The molecule has 0 bridgehead atoms. The van der Waals surface area contributed by atoms with Gasteiger partial charge >= 0.3 is 5.97 Å². The summed E-state index contributed by atoms with van der Waals surface area (Å²) in [7, 11) is 0. The molecule has 2 aliphatic heterocycles. The molecular weight excluding hydrogens is 340 g/mol. The second-order valence-corrected chi connectivity index (χ2v) is 8.29. The number of hydrogen-bond donors (Lipinski definition) is 1. The molecule has 0 spiro atoms. The average Bonchev–Trinajstić information content (AvgIpc) is 3.04. The molecular formula is C17H18N4O3S. The Hall–Kier alpha value is -2.22. The molecule has 2 aromatic rings. The van der Waals surface area contributed by atoms with E-state index in [0.717, 1.165) is 28.9 Å². The van der Waals surface area contributed by atoms with Crippen LogP contribution in [0.1, 0.15) is 12.8 Å².